The summed E-state index contributed by atoms with van der Waals surface area (Å²) in [4.78, 5) is 12.9. The number of imidazole rings is 1. The Kier molecular flexibility index (Phi) is 3.92. The van der Waals surface area contributed by atoms with Crippen LogP contribution in [0.1, 0.15) is 31.3 Å². The molecule has 2 heterocycles. The first-order valence-corrected chi connectivity index (χ1v) is 6.20. The van der Waals surface area contributed by atoms with Gasteiger partial charge in [0.1, 0.15) is 11.6 Å². The minimum atomic E-state index is 0.346. The predicted molar refractivity (Wildman–Crippen MR) is 71.6 cm³/mol. The van der Waals surface area contributed by atoms with Crippen LogP contribution in [0, 0.1) is 6.92 Å². The lowest BCUT2D eigenvalue weighted by molar-refractivity contribution is 0.720. The van der Waals surface area contributed by atoms with E-state index in [1.165, 1.54) is 0 Å². The number of rotatable bonds is 5. The summed E-state index contributed by atoms with van der Waals surface area (Å²) >= 11 is 0. The molecule has 5 heteroatoms. The molecule has 0 aliphatic carbocycles. The molecule has 1 N–H and O–H groups in total. The molecule has 0 saturated carbocycles. The Hall–Kier alpha value is -1.91. The summed E-state index contributed by atoms with van der Waals surface area (Å²) in [6.07, 6.45) is 5.55. The lowest BCUT2D eigenvalue weighted by atomic mass is 10.2. The summed E-state index contributed by atoms with van der Waals surface area (Å²) < 4.78 is 2.03. The van der Waals surface area contributed by atoms with Crippen LogP contribution in [0.4, 0.5) is 5.82 Å². The molecule has 2 rings (SSSR count). The van der Waals surface area contributed by atoms with Crippen molar-refractivity contribution < 1.29 is 0 Å². The van der Waals surface area contributed by atoms with E-state index in [0.29, 0.717) is 5.92 Å². The van der Waals surface area contributed by atoms with E-state index in [-0.39, 0.29) is 0 Å². The molecule has 96 valence electrons. The summed E-state index contributed by atoms with van der Waals surface area (Å²) in [7, 11) is 0. The first-order chi connectivity index (χ1) is 8.65. The molecule has 0 atom stereocenters. The SMILES string of the molecule is Cc1cc(NCCn2ccnc2)nc(C(C)C)n1. The number of aromatic nitrogens is 4. The molecule has 0 saturated heterocycles. The molecule has 0 unspecified atom stereocenters. The maximum absolute atomic E-state index is 4.50. The minimum Gasteiger partial charge on any atom is -0.368 e. The van der Waals surface area contributed by atoms with E-state index < -0.39 is 0 Å². The Morgan fingerprint density at radius 1 is 1.33 bits per heavy atom. The van der Waals surface area contributed by atoms with Crippen LogP contribution in [0.3, 0.4) is 0 Å². The highest BCUT2D eigenvalue weighted by Gasteiger charge is 2.05. The predicted octanol–water partition coefficient (Wildman–Crippen LogP) is 2.22. The number of aryl methyl sites for hydroxylation is 1. The first-order valence-electron chi connectivity index (χ1n) is 6.20. The molecule has 0 aliphatic heterocycles. The lowest BCUT2D eigenvalue weighted by Crippen LogP contribution is -2.12. The highest BCUT2D eigenvalue weighted by Crippen LogP contribution is 2.13. The third kappa shape index (κ3) is 3.29. The Bertz CT molecular complexity index is 490. The Labute approximate surface area is 107 Å². The van der Waals surface area contributed by atoms with Crippen LogP contribution in [0.5, 0.6) is 0 Å². The first kappa shape index (κ1) is 12.5. The second-order valence-electron chi connectivity index (χ2n) is 4.63. The van der Waals surface area contributed by atoms with Crippen molar-refractivity contribution in [3.05, 3.63) is 36.3 Å². The van der Waals surface area contributed by atoms with Gasteiger partial charge in [-0.3, -0.25) is 0 Å². The number of nitrogens with zero attached hydrogens (tertiary/aromatic N) is 4. The second kappa shape index (κ2) is 5.62. The molecule has 0 aromatic carbocycles. The molecular weight excluding hydrogens is 226 g/mol. The van der Waals surface area contributed by atoms with E-state index in [2.05, 4.69) is 34.1 Å². The summed E-state index contributed by atoms with van der Waals surface area (Å²) in [5, 5.41) is 3.32. The fourth-order valence-electron chi connectivity index (χ4n) is 1.67. The van der Waals surface area contributed by atoms with Gasteiger partial charge in [0.05, 0.1) is 6.33 Å². The molecule has 0 bridgehead atoms. The Morgan fingerprint density at radius 2 is 2.17 bits per heavy atom. The topological polar surface area (TPSA) is 55.6 Å². The molecular formula is C13H19N5. The molecule has 0 spiro atoms. The molecule has 2 aromatic rings. The van der Waals surface area contributed by atoms with Gasteiger partial charge in [-0.1, -0.05) is 13.8 Å². The third-order valence-corrected chi connectivity index (χ3v) is 2.62. The molecule has 0 fully saturated rings. The summed E-state index contributed by atoms with van der Waals surface area (Å²) in [6.45, 7) is 7.90. The van der Waals surface area contributed by atoms with Crippen LogP contribution in [0.15, 0.2) is 24.8 Å². The van der Waals surface area contributed by atoms with Gasteiger partial charge in [-0.25, -0.2) is 15.0 Å². The van der Waals surface area contributed by atoms with Crippen molar-refractivity contribution in [2.45, 2.75) is 33.2 Å². The van der Waals surface area contributed by atoms with Crippen LogP contribution in [0.2, 0.25) is 0 Å². The molecule has 2 aromatic heterocycles. The van der Waals surface area contributed by atoms with E-state index in [1.807, 2.05) is 30.1 Å². The summed E-state index contributed by atoms with van der Waals surface area (Å²) in [5.41, 5.74) is 0.999. The second-order valence-corrected chi connectivity index (χ2v) is 4.63. The van der Waals surface area contributed by atoms with Crippen LogP contribution >= 0.6 is 0 Å². The maximum Gasteiger partial charge on any atom is 0.133 e. The smallest absolute Gasteiger partial charge is 0.133 e. The molecule has 0 aliphatic rings. The van der Waals surface area contributed by atoms with Crippen molar-refractivity contribution in [1.82, 2.24) is 19.5 Å². The van der Waals surface area contributed by atoms with Crippen molar-refractivity contribution in [3.8, 4) is 0 Å². The number of hydrogen-bond donors (Lipinski definition) is 1. The van der Waals surface area contributed by atoms with E-state index in [9.17, 15) is 0 Å². The average Bonchev–Trinajstić information content (AvgIpc) is 2.81. The molecule has 0 radical (unpaired) electrons. The molecule has 5 nitrogen and oxygen atoms in total. The van der Waals surface area contributed by atoms with Crippen molar-refractivity contribution in [2.24, 2.45) is 0 Å². The number of nitrogens with one attached hydrogen (secondary N) is 1. The van der Waals surface area contributed by atoms with Gasteiger partial charge in [0.15, 0.2) is 0 Å². The van der Waals surface area contributed by atoms with Crippen molar-refractivity contribution in [1.29, 1.82) is 0 Å². The largest absolute Gasteiger partial charge is 0.368 e. The Morgan fingerprint density at radius 3 is 2.83 bits per heavy atom. The van der Waals surface area contributed by atoms with Crippen molar-refractivity contribution in [3.63, 3.8) is 0 Å². The highest BCUT2D eigenvalue weighted by molar-refractivity contribution is 5.36. The van der Waals surface area contributed by atoms with Crippen LogP contribution in [-0.2, 0) is 6.54 Å². The number of hydrogen-bond acceptors (Lipinski definition) is 4. The van der Waals surface area contributed by atoms with Gasteiger partial charge in [0.2, 0.25) is 0 Å². The van der Waals surface area contributed by atoms with E-state index in [0.717, 1.165) is 30.4 Å². The zero-order valence-electron chi connectivity index (χ0n) is 11.1. The molecule has 18 heavy (non-hydrogen) atoms. The summed E-state index contributed by atoms with van der Waals surface area (Å²) in [6, 6.07) is 1.97. The normalized spacial score (nSPS) is 10.9. The zero-order chi connectivity index (χ0) is 13.0. The fourth-order valence-corrected chi connectivity index (χ4v) is 1.67. The van der Waals surface area contributed by atoms with Gasteiger partial charge in [0.25, 0.3) is 0 Å². The number of anilines is 1. The van der Waals surface area contributed by atoms with E-state index >= 15 is 0 Å². The summed E-state index contributed by atoms with van der Waals surface area (Å²) in [5.74, 6) is 2.13. The monoisotopic (exact) mass is 245 g/mol. The maximum atomic E-state index is 4.50. The van der Waals surface area contributed by atoms with Gasteiger partial charge in [0, 0.05) is 43.2 Å². The van der Waals surface area contributed by atoms with Gasteiger partial charge in [-0.05, 0) is 6.92 Å². The third-order valence-electron chi connectivity index (χ3n) is 2.62. The minimum absolute atomic E-state index is 0.346. The van der Waals surface area contributed by atoms with Crippen LogP contribution in [-0.4, -0.2) is 26.1 Å². The lowest BCUT2D eigenvalue weighted by Gasteiger charge is -2.10. The zero-order valence-corrected chi connectivity index (χ0v) is 11.1. The molecule has 0 amide bonds. The van der Waals surface area contributed by atoms with Gasteiger partial charge in [-0.15, -0.1) is 0 Å². The van der Waals surface area contributed by atoms with Gasteiger partial charge >= 0.3 is 0 Å². The standard InChI is InChI=1S/C13H19N5/c1-10(2)13-16-11(3)8-12(17-13)15-5-7-18-6-4-14-9-18/h4,6,8-10H,5,7H2,1-3H3,(H,15,16,17). The van der Waals surface area contributed by atoms with Crippen molar-refractivity contribution >= 4 is 5.82 Å². The highest BCUT2D eigenvalue weighted by atomic mass is 15.1. The average molecular weight is 245 g/mol. The van der Waals surface area contributed by atoms with E-state index in [4.69, 9.17) is 0 Å². The van der Waals surface area contributed by atoms with Crippen LogP contribution in [0.25, 0.3) is 0 Å². The van der Waals surface area contributed by atoms with Gasteiger partial charge < -0.3 is 9.88 Å². The van der Waals surface area contributed by atoms with Crippen molar-refractivity contribution in [2.75, 3.05) is 11.9 Å². The van der Waals surface area contributed by atoms with E-state index in [1.54, 1.807) is 6.20 Å². The van der Waals surface area contributed by atoms with Gasteiger partial charge in [-0.2, -0.15) is 0 Å². The Balaban J connectivity index is 1.96. The fraction of sp³-hybridized carbons (Fsp3) is 0.462. The van der Waals surface area contributed by atoms with Crippen LogP contribution < -0.4 is 5.32 Å². The quantitative estimate of drug-likeness (QED) is 0.877.